The van der Waals surface area contributed by atoms with E-state index in [0.717, 1.165) is 0 Å². The quantitative estimate of drug-likeness (QED) is 0.422. The average Bonchev–Trinajstić information content (AvgIpc) is 3.07. The van der Waals surface area contributed by atoms with Crippen molar-refractivity contribution in [2.75, 3.05) is 20.1 Å². The number of amides is 3. The van der Waals surface area contributed by atoms with Crippen LogP contribution in [-0.4, -0.2) is 72.1 Å². The van der Waals surface area contributed by atoms with Gasteiger partial charge in [0.1, 0.15) is 12.1 Å². The van der Waals surface area contributed by atoms with E-state index in [1.165, 1.54) is 11.9 Å². The topological polar surface area (TPSA) is 118 Å². The van der Waals surface area contributed by atoms with E-state index in [0.29, 0.717) is 0 Å². The number of hydrogen-bond donors (Lipinski definition) is 3. The lowest BCUT2D eigenvalue weighted by atomic mass is 9.64. The van der Waals surface area contributed by atoms with Crippen molar-refractivity contribution in [3.63, 3.8) is 0 Å². The zero-order valence-electron chi connectivity index (χ0n) is 15.5. The third-order valence-electron chi connectivity index (χ3n) is 6.02. The van der Waals surface area contributed by atoms with E-state index in [9.17, 15) is 28.0 Å². The van der Waals surface area contributed by atoms with Crippen LogP contribution in [0.15, 0.2) is 0 Å². The van der Waals surface area contributed by atoms with Gasteiger partial charge < -0.3 is 15.5 Å². The van der Waals surface area contributed by atoms with Crippen molar-refractivity contribution in [1.29, 1.82) is 0 Å². The molecule has 3 atom stereocenters. The molecule has 3 N–H and O–H groups in total. The zero-order valence-corrected chi connectivity index (χ0v) is 15.5. The summed E-state index contributed by atoms with van der Waals surface area (Å²) in [5.41, 5.74) is -1.83. The molecule has 27 heavy (non-hydrogen) atoms. The molecule has 2 unspecified atom stereocenters. The highest BCUT2D eigenvalue weighted by atomic mass is 19.3. The summed E-state index contributed by atoms with van der Waals surface area (Å²) in [5.74, 6) is -5.72. The molecule has 3 fully saturated rings. The number of halogens is 2. The number of carbonyl (C=O) groups is 4. The van der Waals surface area contributed by atoms with E-state index in [-0.39, 0.29) is 25.8 Å². The Kier molecular flexibility index (Phi) is 4.53. The lowest BCUT2D eigenvalue weighted by Crippen LogP contribution is -2.53. The molecule has 3 rings (SSSR count). The molecular weight excluding hydrogens is 362 g/mol. The maximum Gasteiger partial charge on any atom is 0.289 e. The molecule has 0 aromatic heterocycles. The number of ketones is 1. The highest BCUT2D eigenvalue weighted by Crippen LogP contribution is 2.60. The molecule has 0 aromatic carbocycles. The summed E-state index contributed by atoms with van der Waals surface area (Å²) in [6.45, 7) is 2.90. The summed E-state index contributed by atoms with van der Waals surface area (Å²) in [7, 11) is 1.28. The summed E-state index contributed by atoms with van der Waals surface area (Å²) < 4.78 is 28.4. The van der Waals surface area contributed by atoms with Gasteiger partial charge in [-0.1, -0.05) is 0 Å². The number of nitrogens with zero attached hydrogens (tertiary/aromatic N) is 1. The molecule has 10 heteroatoms. The monoisotopic (exact) mass is 386 g/mol. The SMILES string of the molecule is CNC(=O)C(=O)CNC(=O)C1CC2(CCC2(F)F)CN1C(=O)[C@H]1NC1(C)C. The normalized spacial score (nSPS) is 32.6. The summed E-state index contributed by atoms with van der Waals surface area (Å²) in [6.07, 6.45) is -0.170. The van der Waals surface area contributed by atoms with E-state index >= 15 is 0 Å². The summed E-state index contributed by atoms with van der Waals surface area (Å²) >= 11 is 0. The first-order valence-corrected chi connectivity index (χ1v) is 8.93. The first-order chi connectivity index (χ1) is 12.4. The second kappa shape index (κ2) is 6.22. The predicted molar refractivity (Wildman–Crippen MR) is 89.8 cm³/mol. The molecule has 1 spiro atoms. The van der Waals surface area contributed by atoms with Crippen molar-refractivity contribution in [3.05, 3.63) is 0 Å². The Labute approximate surface area is 155 Å². The molecule has 2 aliphatic heterocycles. The fourth-order valence-corrected chi connectivity index (χ4v) is 3.93. The van der Waals surface area contributed by atoms with Crippen LogP contribution in [0.5, 0.6) is 0 Å². The Morgan fingerprint density at radius 3 is 2.26 bits per heavy atom. The third-order valence-corrected chi connectivity index (χ3v) is 6.02. The molecular formula is C17H24F2N4O4. The van der Waals surface area contributed by atoms with Crippen LogP contribution in [0.3, 0.4) is 0 Å². The van der Waals surface area contributed by atoms with E-state index in [2.05, 4.69) is 16.0 Å². The van der Waals surface area contributed by atoms with Gasteiger partial charge in [0.25, 0.3) is 11.8 Å². The van der Waals surface area contributed by atoms with Crippen molar-refractivity contribution < 1.29 is 28.0 Å². The summed E-state index contributed by atoms with van der Waals surface area (Å²) in [4.78, 5) is 49.4. The minimum Gasteiger partial charge on any atom is -0.353 e. The van der Waals surface area contributed by atoms with Crippen LogP contribution < -0.4 is 16.0 Å². The zero-order chi connectivity index (χ0) is 20.2. The van der Waals surface area contributed by atoms with Crippen LogP contribution in [0.4, 0.5) is 8.78 Å². The van der Waals surface area contributed by atoms with E-state index in [1.54, 1.807) is 0 Å². The van der Waals surface area contributed by atoms with Gasteiger partial charge in [-0.15, -0.1) is 0 Å². The van der Waals surface area contributed by atoms with Crippen LogP contribution in [0.1, 0.15) is 33.1 Å². The second-order valence-corrected chi connectivity index (χ2v) is 8.19. The van der Waals surface area contributed by atoms with E-state index < -0.39 is 59.0 Å². The number of Topliss-reactive ketones (excluding diaryl/α,β-unsaturated/α-hetero) is 1. The third kappa shape index (κ3) is 3.19. The maximum atomic E-state index is 14.2. The first-order valence-electron chi connectivity index (χ1n) is 8.93. The number of rotatable bonds is 5. The number of carbonyl (C=O) groups excluding carboxylic acids is 4. The summed E-state index contributed by atoms with van der Waals surface area (Å²) in [6, 6.07) is -1.61. The van der Waals surface area contributed by atoms with Crippen LogP contribution in [0.2, 0.25) is 0 Å². The smallest absolute Gasteiger partial charge is 0.289 e. The molecule has 150 valence electrons. The van der Waals surface area contributed by atoms with Crippen LogP contribution >= 0.6 is 0 Å². The van der Waals surface area contributed by atoms with Gasteiger partial charge in [0.05, 0.1) is 12.0 Å². The van der Waals surface area contributed by atoms with Crippen molar-refractivity contribution in [2.24, 2.45) is 5.41 Å². The highest BCUT2D eigenvalue weighted by molar-refractivity contribution is 6.37. The molecule has 1 aliphatic carbocycles. The van der Waals surface area contributed by atoms with Crippen molar-refractivity contribution >= 4 is 23.5 Å². The number of alkyl halides is 2. The Morgan fingerprint density at radius 2 is 1.81 bits per heavy atom. The molecule has 3 amide bonds. The largest absolute Gasteiger partial charge is 0.353 e. The van der Waals surface area contributed by atoms with Crippen molar-refractivity contribution in [3.8, 4) is 0 Å². The van der Waals surface area contributed by atoms with Gasteiger partial charge in [-0.3, -0.25) is 24.5 Å². The maximum absolute atomic E-state index is 14.2. The number of nitrogens with one attached hydrogen (secondary N) is 3. The minimum absolute atomic E-state index is 0.154. The minimum atomic E-state index is -2.93. The standard InChI is InChI=1S/C17H24F2N4O4/c1-15(2)11(22-15)14(27)23-8-16(4-5-17(16,18)19)6-9(23)12(25)21-7-10(24)13(26)20-3/h9,11,22H,4-8H2,1-3H3,(H,20,26)(H,21,25)/t9?,11-,16?/m1/s1. The van der Waals surface area contributed by atoms with Gasteiger partial charge in [0, 0.05) is 25.6 Å². The van der Waals surface area contributed by atoms with Crippen LogP contribution in [-0.2, 0) is 19.2 Å². The van der Waals surface area contributed by atoms with Gasteiger partial charge in [-0.25, -0.2) is 8.78 Å². The Hall–Kier alpha value is -2.10. The molecule has 0 radical (unpaired) electrons. The van der Waals surface area contributed by atoms with Gasteiger partial charge in [-0.2, -0.15) is 0 Å². The van der Waals surface area contributed by atoms with Crippen LogP contribution in [0.25, 0.3) is 0 Å². The van der Waals surface area contributed by atoms with Gasteiger partial charge in [0.2, 0.25) is 17.6 Å². The molecule has 0 aromatic rings. The highest BCUT2D eigenvalue weighted by Gasteiger charge is 2.68. The molecule has 2 heterocycles. The summed E-state index contributed by atoms with van der Waals surface area (Å²) in [5, 5.41) is 7.44. The Bertz CT molecular complexity index is 711. The lowest BCUT2D eigenvalue weighted by Gasteiger charge is -2.46. The predicted octanol–water partition coefficient (Wildman–Crippen LogP) is -0.815. The lowest BCUT2D eigenvalue weighted by molar-refractivity contribution is -0.195. The fraction of sp³-hybridized carbons (Fsp3) is 0.765. The first kappa shape index (κ1) is 19.7. The van der Waals surface area contributed by atoms with Gasteiger partial charge >= 0.3 is 0 Å². The van der Waals surface area contributed by atoms with Crippen LogP contribution in [0, 0.1) is 5.41 Å². The van der Waals surface area contributed by atoms with Crippen molar-refractivity contribution in [1.82, 2.24) is 20.9 Å². The average molecular weight is 386 g/mol. The van der Waals surface area contributed by atoms with Crippen molar-refractivity contribution in [2.45, 2.75) is 56.7 Å². The molecule has 3 aliphatic rings. The Morgan fingerprint density at radius 1 is 1.19 bits per heavy atom. The fourth-order valence-electron chi connectivity index (χ4n) is 3.93. The van der Waals surface area contributed by atoms with E-state index in [1.807, 2.05) is 13.8 Å². The molecule has 1 saturated carbocycles. The number of likely N-dealkylation sites (N-methyl/N-ethyl adjacent to an activating group) is 1. The number of hydrogen-bond acceptors (Lipinski definition) is 5. The van der Waals surface area contributed by atoms with Gasteiger partial charge in [-0.05, 0) is 26.7 Å². The molecule has 2 saturated heterocycles. The van der Waals surface area contributed by atoms with Gasteiger partial charge in [0.15, 0.2) is 0 Å². The molecule has 8 nitrogen and oxygen atoms in total. The number of likely N-dealkylation sites (tertiary alicyclic amines) is 1. The second-order valence-electron chi connectivity index (χ2n) is 8.19. The molecule has 0 bridgehead atoms. The van der Waals surface area contributed by atoms with E-state index in [4.69, 9.17) is 0 Å². The Balaban J connectivity index is 1.74.